The van der Waals surface area contributed by atoms with Crippen LogP contribution in [0.15, 0.2) is 164 Å². The molecule has 3 aliphatic heterocycles. The zero-order chi connectivity index (χ0) is 56.9. The van der Waals surface area contributed by atoms with Crippen molar-refractivity contribution in [3.05, 3.63) is 192 Å². The summed E-state index contributed by atoms with van der Waals surface area (Å²) in [5.41, 5.74) is 25.3. The molecule has 0 spiro atoms. The lowest BCUT2D eigenvalue weighted by Gasteiger charge is -2.51. The highest BCUT2D eigenvalue weighted by Crippen LogP contribution is 2.62. The van der Waals surface area contributed by atoms with Crippen molar-refractivity contribution in [3.63, 3.8) is 0 Å². The van der Waals surface area contributed by atoms with Crippen LogP contribution >= 0.6 is 0 Å². The van der Waals surface area contributed by atoms with Gasteiger partial charge in [-0.3, -0.25) is 0 Å². The third-order valence-electron chi connectivity index (χ3n) is 19.4. The first-order valence-corrected chi connectivity index (χ1v) is 33.5. The van der Waals surface area contributed by atoms with Crippen LogP contribution in [0.25, 0.3) is 22.3 Å². The van der Waals surface area contributed by atoms with Gasteiger partial charge in [-0.25, -0.2) is 0 Å². The second-order valence-corrected chi connectivity index (χ2v) is 35.0. The Morgan fingerprint density at radius 2 is 0.825 bits per heavy atom. The van der Waals surface area contributed by atoms with Gasteiger partial charge in [0, 0.05) is 50.7 Å². The Labute approximate surface area is 482 Å². The quantitative estimate of drug-likeness (QED) is 0.154. The van der Waals surface area contributed by atoms with E-state index in [0.717, 1.165) is 6.42 Å². The number of fused-ring (bicyclic) bond motifs is 7. The summed E-state index contributed by atoms with van der Waals surface area (Å²) >= 11 is 0. The third-order valence-corrected chi connectivity index (χ3v) is 21.4. The van der Waals surface area contributed by atoms with Gasteiger partial charge >= 0.3 is 0 Å². The Hall–Kier alpha value is -6.56. The van der Waals surface area contributed by atoms with Crippen molar-refractivity contribution in [3.8, 4) is 22.3 Å². The summed E-state index contributed by atoms with van der Waals surface area (Å²) in [5.74, 6) is 0. The van der Waals surface area contributed by atoms with Crippen LogP contribution in [0.1, 0.15) is 150 Å². The second-order valence-electron chi connectivity index (χ2n) is 29.9. The minimum Gasteiger partial charge on any atom is -0.334 e. The average Bonchev–Trinajstić information content (AvgIpc) is 3.81. The van der Waals surface area contributed by atoms with Crippen molar-refractivity contribution in [1.29, 1.82) is 0 Å². The molecule has 408 valence electrons. The fourth-order valence-corrected chi connectivity index (χ4v) is 15.4. The first-order valence-electron chi connectivity index (χ1n) is 30.0. The van der Waals surface area contributed by atoms with E-state index in [1.165, 1.54) is 131 Å². The zero-order valence-corrected chi connectivity index (χ0v) is 52.3. The number of nitrogens with zero attached hydrogens (tertiary/aromatic N) is 3. The molecule has 0 amide bonds. The van der Waals surface area contributed by atoms with Gasteiger partial charge in [-0.2, -0.15) is 0 Å². The number of anilines is 8. The monoisotopic (exact) mass is 1070 g/mol. The highest BCUT2D eigenvalue weighted by atomic mass is 28.3. The van der Waals surface area contributed by atoms with Crippen LogP contribution in [0.2, 0.25) is 19.6 Å². The molecule has 8 aromatic carbocycles. The van der Waals surface area contributed by atoms with Crippen molar-refractivity contribution < 1.29 is 0 Å². The summed E-state index contributed by atoms with van der Waals surface area (Å²) in [6.07, 6.45) is 4.75. The van der Waals surface area contributed by atoms with Gasteiger partial charge in [0.25, 0.3) is 6.71 Å². The average molecular weight is 1070 g/mol. The Morgan fingerprint density at radius 3 is 1.26 bits per heavy atom. The van der Waals surface area contributed by atoms with E-state index in [2.05, 4.69) is 295 Å². The standard InChI is InChI=1S/C75H86BN3Si/c1-70(2,3)51-32-37-62(57(42-51)49-26-20-18-21-27-49)77-65-44-53(72(7,8)9)30-35-60(65)76-61-36-31-54(73(10,11)12)45-66(61)78(63-38-33-52(71(4,5)6)43-58(63)50-28-22-19-23-29-50)68-47-55(46-67(77)69(68)76)79-64-39-34-56(80(15,16)17)48-59(64)74(13)40-24-25-41-75(74,79)14/h18-23,26-39,42-48H,24-25,40-41H2,1-17H3. The van der Waals surface area contributed by atoms with Crippen LogP contribution in [0, 0.1) is 0 Å². The number of rotatable bonds is 6. The molecule has 1 saturated carbocycles. The molecule has 0 bridgehead atoms. The molecular formula is C75H86BN3Si. The molecule has 4 aliphatic rings. The van der Waals surface area contributed by atoms with Crippen molar-refractivity contribution in [2.24, 2.45) is 0 Å². The maximum Gasteiger partial charge on any atom is 0.252 e. The largest absolute Gasteiger partial charge is 0.334 e. The minimum atomic E-state index is -1.65. The molecule has 0 saturated heterocycles. The predicted molar refractivity (Wildman–Crippen MR) is 352 cm³/mol. The SMILES string of the molecule is CC(C)(C)c1ccc(N2c3cc(C(C)(C)C)ccc3B3c4ccc(C(C)(C)C)cc4N(c4ccc(C(C)(C)C)cc4-c4ccccc4)c4cc(N5c6ccc([Si](C)(C)C)cc6C6(C)CCCCC56C)cc2c43)c(-c2ccccc2)c1. The molecule has 1 fully saturated rings. The Morgan fingerprint density at radius 1 is 0.412 bits per heavy atom. The smallest absolute Gasteiger partial charge is 0.252 e. The van der Waals surface area contributed by atoms with E-state index in [1.807, 2.05) is 0 Å². The minimum absolute atomic E-state index is 0.0414. The highest BCUT2D eigenvalue weighted by molar-refractivity contribution is 7.00. The van der Waals surface area contributed by atoms with E-state index in [-0.39, 0.29) is 39.3 Å². The van der Waals surface area contributed by atoms with Gasteiger partial charge in [0.2, 0.25) is 0 Å². The second kappa shape index (κ2) is 18.5. The zero-order valence-electron chi connectivity index (χ0n) is 51.3. The summed E-state index contributed by atoms with van der Waals surface area (Å²) in [4.78, 5) is 8.31. The van der Waals surface area contributed by atoms with Gasteiger partial charge in [-0.05, 0) is 151 Å². The third kappa shape index (κ3) is 8.65. The first-order chi connectivity index (χ1) is 37.6. The molecule has 5 heteroatoms. The number of hydrogen-bond acceptors (Lipinski definition) is 3. The van der Waals surface area contributed by atoms with Gasteiger partial charge < -0.3 is 14.7 Å². The highest BCUT2D eigenvalue weighted by Gasteiger charge is 2.58. The van der Waals surface area contributed by atoms with Gasteiger partial charge in [0.05, 0.1) is 25.0 Å². The summed E-state index contributed by atoms with van der Waals surface area (Å²) < 4.78 is 0. The van der Waals surface area contributed by atoms with Crippen molar-refractivity contribution >= 4 is 81.9 Å². The van der Waals surface area contributed by atoms with Gasteiger partial charge in [-0.1, -0.05) is 237 Å². The van der Waals surface area contributed by atoms with E-state index < -0.39 is 8.07 Å². The topological polar surface area (TPSA) is 9.72 Å². The molecule has 3 nitrogen and oxygen atoms in total. The Bertz CT molecular complexity index is 3550. The van der Waals surface area contributed by atoms with Crippen LogP contribution in [0.4, 0.5) is 45.5 Å². The Kier molecular flexibility index (Phi) is 12.5. The van der Waals surface area contributed by atoms with Crippen LogP contribution in [-0.2, 0) is 27.1 Å². The Balaban J connectivity index is 1.27. The van der Waals surface area contributed by atoms with Crippen LogP contribution < -0.4 is 36.3 Å². The fourth-order valence-electron chi connectivity index (χ4n) is 14.3. The molecule has 3 heterocycles. The molecule has 2 atom stereocenters. The summed E-state index contributed by atoms with van der Waals surface area (Å²) in [6.45, 7) is 41.1. The molecule has 8 aromatic rings. The van der Waals surface area contributed by atoms with Crippen LogP contribution in [0.5, 0.6) is 0 Å². The molecule has 0 aromatic heterocycles. The predicted octanol–water partition coefficient (Wildman–Crippen LogP) is 18.6. The van der Waals surface area contributed by atoms with E-state index in [9.17, 15) is 0 Å². The van der Waals surface area contributed by atoms with Gasteiger partial charge in [0.1, 0.15) is 0 Å². The fraction of sp³-hybridized carbons (Fsp3) is 0.360. The molecule has 0 N–H and O–H groups in total. The summed E-state index contributed by atoms with van der Waals surface area (Å²) in [7, 11) is -1.65. The van der Waals surface area contributed by atoms with Gasteiger partial charge in [-0.15, -0.1) is 0 Å². The van der Waals surface area contributed by atoms with E-state index in [1.54, 1.807) is 5.19 Å². The number of benzene rings is 8. The maximum absolute atomic E-state index is 2.86. The van der Waals surface area contributed by atoms with Crippen LogP contribution in [0.3, 0.4) is 0 Å². The van der Waals surface area contributed by atoms with E-state index in [0.29, 0.717) is 0 Å². The van der Waals surface area contributed by atoms with E-state index in [4.69, 9.17) is 0 Å². The summed E-state index contributed by atoms with van der Waals surface area (Å²) in [5, 5.41) is 1.55. The molecule has 12 rings (SSSR count). The normalized spacial score (nSPS) is 18.9. The van der Waals surface area contributed by atoms with Crippen molar-refractivity contribution in [1.82, 2.24) is 0 Å². The van der Waals surface area contributed by atoms with Crippen molar-refractivity contribution in [2.45, 2.75) is 175 Å². The molecule has 80 heavy (non-hydrogen) atoms. The lowest BCUT2D eigenvalue weighted by Crippen LogP contribution is -2.61. The summed E-state index contributed by atoms with van der Waals surface area (Å²) in [6, 6.07) is 65.2. The molecule has 0 radical (unpaired) electrons. The maximum atomic E-state index is 2.86. The molecular weight excluding hydrogens is 982 g/mol. The number of hydrogen-bond donors (Lipinski definition) is 0. The first kappa shape index (κ1) is 54.1. The van der Waals surface area contributed by atoms with E-state index >= 15 is 0 Å². The van der Waals surface area contributed by atoms with Gasteiger partial charge in [0.15, 0.2) is 0 Å². The van der Waals surface area contributed by atoms with Crippen LogP contribution in [-0.4, -0.2) is 20.3 Å². The van der Waals surface area contributed by atoms with Crippen molar-refractivity contribution in [2.75, 3.05) is 14.7 Å². The molecule has 2 unspecified atom stereocenters. The molecule has 1 aliphatic carbocycles. The lowest BCUT2D eigenvalue weighted by atomic mass is 9.33. The lowest BCUT2D eigenvalue weighted by molar-refractivity contribution is 0.195.